The fourth-order valence-corrected chi connectivity index (χ4v) is 4.12. The minimum Gasteiger partial charge on any atom is -0.354 e. The van der Waals surface area contributed by atoms with Crippen molar-refractivity contribution in [3.8, 4) is 17.3 Å². The van der Waals surface area contributed by atoms with Gasteiger partial charge in [0, 0.05) is 67.3 Å². The molecule has 1 aliphatic rings. The van der Waals surface area contributed by atoms with Gasteiger partial charge in [-0.1, -0.05) is 6.07 Å². The molecule has 0 aromatic carbocycles. The van der Waals surface area contributed by atoms with Crippen molar-refractivity contribution in [2.45, 2.75) is 25.9 Å². The molecule has 0 amide bonds. The van der Waals surface area contributed by atoms with E-state index >= 15 is 0 Å². The third kappa shape index (κ3) is 4.74. The number of rotatable bonds is 6. The van der Waals surface area contributed by atoms with E-state index in [1.807, 2.05) is 18.3 Å². The highest BCUT2D eigenvalue weighted by Crippen LogP contribution is 2.31. The van der Waals surface area contributed by atoms with Crippen molar-refractivity contribution in [1.29, 1.82) is 5.26 Å². The summed E-state index contributed by atoms with van der Waals surface area (Å²) in [4.78, 5) is 22.6. The number of H-pyrrole nitrogens is 1. The summed E-state index contributed by atoms with van der Waals surface area (Å²) in [6.07, 6.45) is 3.33. The Labute approximate surface area is 200 Å². The highest BCUT2D eigenvalue weighted by molar-refractivity contribution is 5.94. The van der Waals surface area contributed by atoms with Crippen LogP contribution in [0.3, 0.4) is 0 Å². The topological polar surface area (TPSA) is 118 Å². The van der Waals surface area contributed by atoms with Gasteiger partial charge in [-0.3, -0.25) is 0 Å². The van der Waals surface area contributed by atoms with Crippen LogP contribution in [0.5, 0.6) is 0 Å². The van der Waals surface area contributed by atoms with Gasteiger partial charge in [-0.2, -0.15) is 5.26 Å². The Hall–Kier alpha value is -4.17. The fraction of sp³-hybridized carbons (Fsp3) is 0.292. The van der Waals surface area contributed by atoms with Gasteiger partial charge in [0.2, 0.25) is 5.95 Å². The number of alkyl halides is 2. The van der Waals surface area contributed by atoms with E-state index in [0.29, 0.717) is 40.8 Å². The number of hydrogen-bond acceptors (Lipinski definition) is 8. The summed E-state index contributed by atoms with van der Waals surface area (Å²) in [5, 5.41) is 16.6. The predicted octanol–water partition coefficient (Wildman–Crippen LogP) is 3.63. The van der Waals surface area contributed by atoms with Gasteiger partial charge in [-0.15, -0.1) is 0 Å². The van der Waals surface area contributed by atoms with Crippen molar-refractivity contribution in [2.24, 2.45) is 0 Å². The summed E-state index contributed by atoms with van der Waals surface area (Å²) in [6, 6.07) is 7.86. The number of nitrogens with one attached hydrogen (secondary N) is 3. The Bertz CT molecular complexity index is 1380. The number of hydrogen-bond donors (Lipinski definition) is 3. The first-order chi connectivity index (χ1) is 17.0. The van der Waals surface area contributed by atoms with Gasteiger partial charge in [0.05, 0.1) is 17.5 Å². The average Bonchev–Trinajstić information content (AvgIpc) is 3.31. The number of nitrogens with zero attached hydrogens (tertiary/aromatic N) is 6. The van der Waals surface area contributed by atoms with Gasteiger partial charge < -0.3 is 20.5 Å². The van der Waals surface area contributed by atoms with E-state index in [2.05, 4.69) is 53.4 Å². The Morgan fingerprint density at radius 1 is 1.23 bits per heavy atom. The number of fused-ring (bicyclic) bond motifs is 1. The standard InChI is InChI=1S/C24H23F2N9/c1-14-13-35(5-4-28-14)20-3-2-15(8-29-20)9-32-24-33-11-17(7-27)21(34-24)19-12-31-23-18(19)6-16(10-30-23)22(25)26/h2-3,6,8,10-12,14,22,28H,4-5,9,13H2,1H3,(H,30,31)(H,32,33,34)/t14-/m1/s1. The molecule has 11 heteroatoms. The smallest absolute Gasteiger partial charge is 0.265 e. The molecule has 9 nitrogen and oxygen atoms in total. The predicted molar refractivity (Wildman–Crippen MR) is 128 cm³/mol. The van der Waals surface area contributed by atoms with Crippen LogP contribution in [0.2, 0.25) is 0 Å². The van der Waals surface area contributed by atoms with Crippen LogP contribution in [-0.4, -0.2) is 50.6 Å². The van der Waals surface area contributed by atoms with Crippen LogP contribution in [0.15, 0.2) is 43.0 Å². The minimum absolute atomic E-state index is 0.199. The summed E-state index contributed by atoms with van der Waals surface area (Å²) in [7, 11) is 0. The van der Waals surface area contributed by atoms with Crippen LogP contribution in [0.4, 0.5) is 20.5 Å². The molecule has 5 heterocycles. The molecule has 0 aliphatic carbocycles. The highest BCUT2D eigenvalue weighted by atomic mass is 19.3. The molecule has 3 N–H and O–H groups in total. The first-order valence-corrected chi connectivity index (χ1v) is 11.2. The molecule has 0 spiro atoms. The molecule has 0 bridgehead atoms. The van der Waals surface area contributed by atoms with E-state index in [0.717, 1.165) is 37.2 Å². The molecule has 1 aliphatic heterocycles. The second-order valence-corrected chi connectivity index (χ2v) is 8.41. The molecule has 5 rings (SSSR count). The zero-order valence-corrected chi connectivity index (χ0v) is 19.0. The van der Waals surface area contributed by atoms with Crippen molar-refractivity contribution in [3.63, 3.8) is 0 Å². The lowest BCUT2D eigenvalue weighted by atomic mass is 10.1. The molecule has 1 atom stereocenters. The molecule has 178 valence electrons. The molecule has 4 aromatic rings. The van der Waals surface area contributed by atoms with E-state index in [9.17, 15) is 14.0 Å². The van der Waals surface area contributed by atoms with E-state index in [1.54, 1.807) is 6.20 Å². The van der Waals surface area contributed by atoms with Gasteiger partial charge in [0.1, 0.15) is 17.5 Å². The number of piperazine rings is 1. The van der Waals surface area contributed by atoms with Crippen molar-refractivity contribution in [1.82, 2.24) is 30.2 Å². The van der Waals surface area contributed by atoms with Crippen LogP contribution in [0, 0.1) is 11.3 Å². The number of nitriles is 1. The van der Waals surface area contributed by atoms with Crippen molar-refractivity contribution in [2.75, 3.05) is 29.9 Å². The van der Waals surface area contributed by atoms with Crippen LogP contribution < -0.4 is 15.5 Å². The lowest BCUT2D eigenvalue weighted by Crippen LogP contribution is -2.49. The maximum atomic E-state index is 13.2. The van der Waals surface area contributed by atoms with E-state index in [1.165, 1.54) is 12.3 Å². The molecule has 4 aromatic heterocycles. The van der Waals surface area contributed by atoms with E-state index in [-0.39, 0.29) is 11.1 Å². The quantitative estimate of drug-likeness (QED) is 0.387. The van der Waals surface area contributed by atoms with Gasteiger partial charge in [-0.25, -0.2) is 28.7 Å². The van der Waals surface area contributed by atoms with Crippen LogP contribution in [-0.2, 0) is 6.54 Å². The molecule has 0 unspecified atom stereocenters. The van der Waals surface area contributed by atoms with E-state index < -0.39 is 6.43 Å². The molecule has 1 saturated heterocycles. The normalized spacial score (nSPS) is 16.0. The first kappa shape index (κ1) is 22.6. The summed E-state index contributed by atoms with van der Waals surface area (Å²) in [6.45, 7) is 5.34. The largest absolute Gasteiger partial charge is 0.354 e. The van der Waals surface area contributed by atoms with Crippen molar-refractivity contribution in [3.05, 3.63) is 59.7 Å². The molecule has 35 heavy (non-hydrogen) atoms. The van der Waals surface area contributed by atoms with Crippen LogP contribution >= 0.6 is 0 Å². The second kappa shape index (κ2) is 9.60. The zero-order valence-electron chi connectivity index (χ0n) is 19.0. The van der Waals surface area contributed by atoms with Crippen molar-refractivity contribution < 1.29 is 8.78 Å². The maximum absolute atomic E-state index is 13.2. The molecule has 0 radical (unpaired) electrons. The lowest BCUT2D eigenvalue weighted by Gasteiger charge is -2.32. The van der Waals surface area contributed by atoms with E-state index in [4.69, 9.17) is 0 Å². The number of pyridine rings is 2. The van der Waals surface area contributed by atoms with Gasteiger partial charge >= 0.3 is 0 Å². The molecule has 0 saturated carbocycles. The summed E-state index contributed by atoms with van der Waals surface area (Å²) in [5.41, 5.74) is 2.26. The average molecular weight is 476 g/mol. The minimum atomic E-state index is -2.65. The van der Waals surface area contributed by atoms with Crippen molar-refractivity contribution >= 4 is 22.8 Å². The zero-order chi connectivity index (χ0) is 24.4. The maximum Gasteiger partial charge on any atom is 0.265 e. The Balaban J connectivity index is 1.36. The number of aromatic nitrogens is 5. The Kier molecular flexibility index (Phi) is 6.20. The first-order valence-electron chi connectivity index (χ1n) is 11.2. The van der Waals surface area contributed by atoms with Gasteiger partial charge in [-0.05, 0) is 24.6 Å². The Morgan fingerprint density at radius 3 is 2.86 bits per heavy atom. The third-order valence-corrected chi connectivity index (χ3v) is 5.92. The monoisotopic (exact) mass is 475 g/mol. The third-order valence-electron chi connectivity index (χ3n) is 5.92. The lowest BCUT2D eigenvalue weighted by molar-refractivity contribution is 0.151. The molecular formula is C24H23F2N9. The Morgan fingerprint density at radius 2 is 2.11 bits per heavy atom. The van der Waals surface area contributed by atoms with Gasteiger partial charge in [0.15, 0.2) is 0 Å². The number of aromatic amines is 1. The van der Waals surface area contributed by atoms with Crippen LogP contribution in [0.25, 0.3) is 22.3 Å². The fourth-order valence-electron chi connectivity index (χ4n) is 4.12. The summed E-state index contributed by atoms with van der Waals surface area (Å²) >= 11 is 0. The molecule has 1 fully saturated rings. The van der Waals surface area contributed by atoms with Crippen LogP contribution in [0.1, 0.15) is 30.0 Å². The summed E-state index contributed by atoms with van der Waals surface area (Å²) in [5.74, 6) is 1.25. The summed E-state index contributed by atoms with van der Waals surface area (Å²) < 4.78 is 26.4. The number of anilines is 2. The molecular weight excluding hydrogens is 452 g/mol. The SMILES string of the molecule is C[C@@H]1CN(c2ccc(CNc3ncc(C#N)c(-c4c[nH]c5ncc(C(F)F)cc45)n3)cn2)CCN1. The highest BCUT2D eigenvalue weighted by Gasteiger charge is 2.18. The second-order valence-electron chi connectivity index (χ2n) is 8.41. The van der Waals surface area contributed by atoms with Gasteiger partial charge in [0.25, 0.3) is 6.43 Å². The number of halogens is 2.